The van der Waals surface area contributed by atoms with Crippen molar-refractivity contribution in [2.24, 2.45) is 0 Å². The fraction of sp³-hybridized carbons (Fsp3) is 0.0769. The van der Waals surface area contributed by atoms with Gasteiger partial charge >= 0.3 is 0 Å². The summed E-state index contributed by atoms with van der Waals surface area (Å²) >= 11 is 3.95. The van der Waals surface area contributed by atoms with Crippen molar-refractivity contribution in [1.29, 1.82) is 0 Å². The highest BCUT2D eigenvalue weighted by Gasteiger charge is 2.07. The first-order chi connectivity index (χ1) is 15.5. The molecular formula is C26H24N4OS. The van der Waals surface area contributed by atoms with Crippen LogP contribution in [0.5, 0.6) is 5.75 Å². The second-order valence-corrected chi connectivity index (χ2v) is 7.89. The van der Waals surface area contributed by atoms with Gasteiger partial charge in [0.25, 0.3) is 0 Å². The minimum absolute atomic E-state index is 0.232. The first kappa shape index (κ1) is 21.5. The number of aryl methyl sites for hydroxylation is 1. The molecule has 0 spiro atoms. The highest BCUT2D eigenvalue weighted by Crippen LogP contribution is 2.24. The maximum absolute atomic E-state index is 8.84. The molecule has 2 aromatic heterocycles. The molecule has 0 bridgehead atoms. The lowest BCUT2D eigenvalue weighted by atomic mass is 10.1. The molecule has 5 aromatic rings. The summed E-state index contributed by atoms with van der Waals surface area (Å²) in [4.78, 5) is 9.03. The number of para-hydroxylation sites is 2. The Balaban J connectivity index is 0.000000260. The quantitative estimate of drug-likeness (QED) is 0.314. The molecule has 0 aliphatic carbocycles. The van der Waals surface area contributed by atoms with E-state index in [2.05, 4.69) is 88.7 Å². The molecule has 0 unspecified atom stereocenters. The van der Waals surface area contributed by atoms with Crippen molar-refractivity contribution in [3.05, 3.63) is 103 Å². The number of aromatic nitrogens is 3. The fourth-order valence-electron chi connectivity index (χ4n) is 3.54. The highest BCUT2D eigenvalue weighted by atomic mass is 32.1. The fourth-order valence-corrected chi connectivity index (χ4v) is 3.70. The number of nitrogen functional groups attached to an aromatic ring is 1. The van der Waals surface area contributed by atoms with E-state index in [1.807, 2.05) is 6.07 Å². The summed E-state index contributed by atoms with van der Waals surface area (Å²) in [5, 5.41) is 10.1. The van der Waals surface area contributed by atoms with Crippen molar-refractivity contribution >= 4 is 29.3 Å². The SMILES string of the molecule is Cc1cc2ccccc2n1Cc1ccc(-c2nccnc2N)cc1.Oc1ccccc1S. The first-order valence-corrected chi connectivity index (χ1v) is 10.7. The predicted molar refractivity (Wildman–Crippen MR) is 133 cm³/mol. The van der Waals surface area contributed by atoms with Crippen molar-refractivity contribution in [3.63, 3.8) is 0 Å². The van der Waals surface area contributed by atoms with Crippen LogP contribution in [0, 0.1) is 6.92 Å². The summed E-state index contributed by atoms with van der Waals surface area (Å²) < 4.78 is 2.33. The van der Waals surface area contributed by atoms with Gasteiger partial charge in [0.1, 0.15) is 17.3 Å². The van der Waals surface area contributed by atoms with Crippen LogP contribution in [0.2, 0.25) is 0 Å². The van der Waals surface area contributed by atoms with Crippen molar-refractivity contribution < 1.29 is 5.11 Å². The second-order valence-electron chi connectivity index (χ2n) is 7.41. The lowest BCUT2D eigenvalue weighted by Crippen LogP contribution is -2.01. The number of phenolic OH excluding ortho intramolecular Hbond substituents is 1. The molecule has 3 aromatic carbocycles. The van der Waals surface area contributed by atoms with Crippen LogP contribution in [0.25, 0.3) is 22.2 Å². The smallest absolute Gasteiger partial charge is 0.149 e. The molecule has 0 radical (unpaired) electrons. The largest absolute Gasteiger partial charge is 0.507 e. The maximum Gasteiger partial charge on any atom is 0.149 e. The molecule has 6 heteroatoms. The van der Waals surface area contributed by atoms with Crippen LogP contribution in [-0.4, -0.2) is 19.6 Å². The minimum atomic E-state index is 0.232. The van der Waals surface area contributed by atoms with Gasteiger partial charge in [0.05, 0.1) is 0 Å². The lowest BCUT2D eigenvalue weighted by Gasteiger charge is -2.10. The Hall–Kier alpha value is -3.77. The van der Waals surface area contributed by atoms with E-state index in [9.17, 15) is 0 Å². The number of fused-ring (bicyclic) bond motifs is 1. The Morgan fingerprint density at radius 2 is 1.59 bits per heavy atom. The number of anilines is 1. The molecular weight excluding hydrogens is 416 g/mol. The highest BCUT2D eigenvalue weighted by molar-refractivity contribution is 7.80. The average Bonchev–Trinajstić information content (AvgIpc) is 3.12. The molecule has 0 fully saturated rings. The van der Waals surface area contributed by atoms with E-state index in [0.29, 0.717) is 10.7 Å². The third kappa shape index (κ3) is 4.76. The van der Waals surface area contributed by atoms with Crippen molar-refractivity contribution in [1.82, 2.24) is 14.5 Å². The monoisotopic (exact) mass is 440 g/mol. The van der Waals surface area contributed by atoms with Crippen LogP contribution in [-0.2, 0) is 6.54 Å². The number of aromatic hydroxyl groups is 1. The van der Waals surface area contributed by atoms with Gasteiger partial charge in [-0.2, -0.15) is 0 Å². The Bertz CT molecular complexity index is 1320. The van der Waals surface area contributed by atoms with Crippen molar-refractivity contribution in [2.75, 3.05) is 5.73 Å². The number of rotatable bonds is 3. The average molecular weight is 441 g/mol. The van der Waals surface area contributed by atoms with Crippen LogP contribution >= 0.6 is 12.6 Å². The number of thiol groups is 1. The molecule has 0 aliphatic rings. The van der Waals surface area contributed by atoms with E-state index < -0.39 is 0 Å². The zero-order chi connectivity index (χ0) is 22.5. The Kier molecular flexibility index (Phi) is 6.42. The maximum atomic E-state index is 8.84. The first-order valence-electron chi connectivity index (χ1n) is 10.2. The van der Waals surface area contributed by atoms with E-state index >= 15 is 0 Å². The summed E-state index contributed by atoms with van der Waals surface area (Å²) in [5.41, 5.74) is 11.4. The van der Waals surface area contributed by atoms with Gasteiger partial charge in [-0.1, -0.05) is 54.6 Å². The molecule has 32 heavy (non-hydrogen) atoms. The van der Waals surface area contributed by atoms with E-state index in [0.717, 1.165) is 17.8 Å². The van der Waals surface area contributed by atoms with Gasteiger partial charge in [0, 0.05) is 40.6 Å². The summed E-state index contributed by atoms with van der Waals surface area (Å²) in [7, 11) is 0. The molecule has 0 saturated carbocycles. The van der Waals surface area contributed by atoms with E-state index in [1.54, 1.807) is 30.6 Å². The van der Waals surface area contributed by atoms with Gasteiger partial charge in [0.2, 0.25) is 0 Å². The van der Waals surface area contributed by atoms with E-state index in [4.69, 9.17) is 10.8 Å². The topological polar surface area (TPSA) is 77.0 Å². The van der Waals surface area contributed by atoms with E-state index in [-0.39, 0.29) is 5.75 Å². The third-order valence-corrected chi connectivity index (χ3v) is 5.57. The van der Waals surface area contributed by atoms with Gasteiger partial charge < -0.3 is 15.4 Å². The van der Waals surface area contributed by atoms with Crippen LogP contribution in [0.15, 0.2) is 96.2 Å². The summed E-state index contributed by atoms with van der Waals surface area (Å²) in [5.74, 6) is 0.688. The molecule has 160 valence electrons. The zero-order valence-electron chi connectivity index (χ0n) is 17.7. The summed E-state index contributed by atoms with van der Waals surface area (Å²) in [6, 6.07) is 26.0. The minimum Gasteiger partial charge on any atom is -0.507 e. The van der Waals surface area contributed by atoms with Gasteiger partial charge in [-0.3, -0.25) is 4.98 Å². The summed E-state index contributed by atoms with van der Waals surface area (Å²) in [6.45, 7) is 2.99. The van der Waals surface area contributed by atoms with Gasteiger partial charge in [0.15, 0.2) is 0 Å². The number of hydrogen-bond donors (Lipinski definition) is 3. The van der Waals surface area contributed by atoms with Gasteiger partial charge in [-0.05, 0) is 42.1 Å². The molecule has 5 nitrogen and oxygen atoms in total. The molecule has 5 rings (SSSR count). The van der Waals surface area contributed by atoms with Crippen LogP contribution in [0.1, 0.15) is 11.3 Å². The Morgan fingerprint density at radius 1 is 0.906 bits per heavy atom. The van der Waals surface area contributed by atoms with Crippen LogP contribution in [0.3, 0.4) is 0 Å². The molecule has 0 atom stereocenters. The van der Waals surface area contributed by atoms with Crippen molar-refractivity contribution in [3.8, 4) is 17.0 Å². The van der Waals surface area contributed by atoms with Crippen LogP contribution < -0.4 is 5.73 Å². The van der Waals surface area contributed by atoms with Gasteiger partial charge in [-0.25, -0.2) is 4.98 Å². The lowest BCUT2D eigenvalue weighted by molar-refractivity contribution is 0.463. The Morgan fingerprint density at radius 3 is 2.28 bits per heavy atom. The molecule has 0 saturated heterocycles. The molecule has 3 N–H and O–H groups in total. The molecule has 2 heterocycles. The zero-order valence-corrected chi connectivity index (χ0v) is 18.6. The Labute approximate surface area is 192 Å². The van der Waals surface area contributed by atoms with Gasteiger partial charge in [-0.15, -0.1) is 12.6 Å². The molecule has 0 amide bonds. The second kappa shape index (κ2) is 9.58. The number of hydrogen-bond acceptors (Lipinski definition) is 5. The number of nitrogens with zero attached hydrogens (tertiary/aromatic N) is 3. The number of benzene rings is 3. The molecule has 0 aliphatic heterocycles. The van der Waals surface area contributed by atoms with E-state index in [1.165, 1.54) is 22.2 Å². The normalized spacial score (nSPS) is 10.6. The number of phenols is 1. The predicted octanol–water partition coefficient (Wildman–Crippen LogP) is 5.72. The summed E-state index contributed by atoms with van der Waals surface area (Å²) in [6.07, 6.45) is 3.27. The van der Waals surface area contributed by atoms with Crippen LogP contribution in [0.4, 0.5) is 5.82 Å². The standard InChI is InChI=1S/C20H18N4.C6H6OS/c1-14-12-17-4-2-3-5-18(17)24(14)13-15-6-8-16(9-7-15)19-20(21)23-11-10-22-19;7-5-3-1-2-4-6(5)8/h2-12H,13H2,1H3,(H2,21,23);1-4,7-8H. The number of nitrogens with two attached hydrogens (primary N) is 1. The third-order valence-electron chi connectivity index (χ3n) is 5.19. The van der Waals surface area contributed by atoms with Crippen molar-refractivity contribution in [2.45, 2.75) is 18.4 Å².